The van der Waals surface area contributed by atoms with Crippen molar-refractivity contribution in [2.24, 2.45) is 5.92 Å². The lowest BCUT2D eigenvalue weighted by Crippen LogP contribution is -1.96. The molecule has 0 fully saturated rings. The molecule has 0 radical (unpaired) electrons. The normalized spacial score (nSPS) is 10.7. The van der Waals surface area contributed by atoms with Crippen molar-refractivity contribution in [2.45, 2.75) is 18.7 Å². The molecule has 1 aromatic carbocycles. The predicted octanol–water partition coefficient (Wildman–Crippen LogP) is 3.90. The number of hydrogen-bond acceptors (Lipinski definition) is 2. The Morgan fingerprint density at radius 2 is 2.20 bits per heavy atom. The van der Waals surface area contributed by atoms with Gasteiger partial charge in [0.25, 0.3) is 0 Å². The van der Waals surface area contributed by atoms with Crippen LogP contribution in [0.25, 0.3) is 0 Å². The van der Waals surface area contributed by atoms with Crippen molar-refractivity contribution in [3.05, 3.63) is 28.2 Å². The van der Waals surface area contributed by atoms with Crippen molar-refractivity contribution in [3.63, 3.8) is 0 Å². The summed E-state index contributed by atoms with van der Waals surface area (Å²) in [6, 6.07) is 5.13. The van der Waals surface area contributed by atoms with E-state index in [0.29, 0.717) is 11.5 Å². The van der Waals surface area contributed by atoms with Gasteiger partial charge in [-0.1, -0.05) is 13.8 Å². The molecule has 0 heterocycles. The average molecular weight is 289 g/mol. The Morgan fingerprint density at radius 3 is 2.67 bits per heavy atom. The van der Waals surface area contributed by atoms with Crippen LogP contribution >= 0.6 is 27.7 Å². The molecule has 0 atom stereocenters. The third-order valence-corrected chi connectivity index (χ3v) is 4.17. The van der Waals surface area contributed by atoms with Crippen LogP contribution in [0.3, 0.4) is 0 Å². The second kappa shape index (κ2) is 5.56. The zero-order valence-electron chi connectivity index (χ0n) is 8.66. The molecule has 4 heteroatoms. The van der Waals surface area contributed by atoms with E-state index in [1.165, 1.54) is 0 Å². The van der Waals surface area contributed by atoms with Crippen molar-refractivity contribution in [1.29, 1.82) is 0 Å². The SMILES string of the molecule is CC(C)CSc1ccc(C(=O)O)cc1Br. The number of carboxylic acid groups (broad SMARTS) is 1. The van der Waals surface area contributed by atoms with E-state index in [9.17, 15) is 4.79 Å². The number of hydrogen-bond donors (Lipinski definition) is 1. The largest absolute Gasteiger partial charge is 0.478 e. The standard InChI is InChI=1S/C11H13BrO2S/c1-7(2)6-15-10-4-3-8(11(13)14)5-9(10)12/h3-5,7H,6H2,1-2H3,(H,13,14). The second-order valence-corrected chi connectivity index (χ2v) is 5.57. The van der Waals surface area contributed by atoms with Crippen LogP contribution < -0.4 is 0 Å². The fraction of sp³-hybridized carbons (Fsp3) is 0.364. The fourth-order valence-electron chi connectivity index (χ4n) is 1.01. The van der Waals surface area contributed by atoms with Gasteiger partial charge in [-0.25, -0.2) is 4.79 Å². The third kappa shape index (κ3) is 3.87. The number of halogens is 1. The highest BCUT2D eigenvalue weighted by Crippen LogP contribution is 2.29. The number of carboxylic acids is 1. The van der Waals surface area contributed by atoms with E-state index in [-0.39, 0.29) is 0 Å². The highest BCUT2D eigenvalue weighted by atomic mass is 79.9. The molecule has 15 heavy (non-hydrogen) atoms. The van der Waals surface area contributed by atoms with Crippen LogP contribution in [-0.4, -0.2) is 16.8 Å². The second-order valence-electron chi connectivity index (χ2n) is 3.66. The molecular formula is C11H13BrO2S. The van der Waals surface area contributed by atoms with Gasteiger partial charge >= 0.3 is 5.97 Å². The average Bonchev–Trinajstić information content (AvgIpc) is 2.15. The summed E-state index contributed by atoms with van der Waals surface area (Å²) in [5.41, 5.74) is 0.316. The number of thioether (sulfide) groups is 1. The highest BCUT2D eigenvalue weighted by Gasteiger charge is 2.07. The molecule has 1 aromatic rings. The summed E-state index contributed by atoms with van der Waals surface area (Å²) in [6.45, 7) is 4.32. The van der Waals surface area contributed by atoms with Crippen LogP contribution in [0, 0.1) is 5.92 Å². The molecule has 0 aromatic heterocycles. The van der Waals surface area contributed by atoms with Crippen molar-refractivity contribution in [2.75, 3.05) is 5.75 Å². The Kier molecular flexibility index (Phi) is 4.67. The Labute approximate surface area is 102 Å². The summed E-state index contributed by atoms with van der Waals surface area (Å²) in [6.07, 6.45) is 0. The molecule has 1 N–H and O–H groups in total. The van der Waals surface area contributed by atoms with Gasteiger partial charge in [0, 0.05) is 15.1 Å². The summed E-state index contributed by atoms with van der Waals surface area (Å²) in [5.74, 6) is 0.766. The van der Waals surface area contributed by atoms with Crippen LogP contribution in [0.2, 0.25) is 0 Å². The van der Waals surface area contributed by atoms with Crippen molar-refractivity contribution in [3.8, 4) is 0 Å². The monoisotopic (exact) mass is 288 g/mol. The Morgan fingerprint density at radius 1 is 1.53 bits per heavy atom. The van der Waals surface area contributed by atoms with E-state index in [0.717, 1.165) is 15.1 Å². The van der Waals surface area contributed by atoms with Crippen LogP contribution in [0.15, 0.2) is 27.6 Å². The van der Waals surface area contributed by atoms with Gasteiger partial charge in [0.1, 0.15) is 0 Å². The maximum atomic E-state index is 10.7. The van der Waals surface area contributed by atoms with Gasteiger partial charge in [0.15, 0.2) is 0 Å². The van der Waals surface area contributed by atoms with Gasteiger partial charge in [-0.3, -0.25) is 0 Å². The molecule has 0 amide bonds. The minimum atomic E-state index is -0.892. The zero-order chi connectivity index (χ0) is 11.4. The molecule has 0 spiro atoms. The number of carbonyl (C=O) groups is 1. The quantitative estimate of drug-likeness (QED) is 0.854. The topological polar surface area (TPSA) is 37.3 Å². The van der Waals surface area contributed by atoms with E-state index in [1.54, 1.807) is 23.9 Å². The molecule has 0 saturated carbocycles. The summed E-state index contributed by atoms with van der Waals surface area (Å²) >= 11 is 5.12. The summed E-state index contributed by atoms with van der Waals surface area (Å²) in [7, 11) is 0. The molecule has 82 valence electrons. The molecule has 0 unspecified atom stereocenters. The molecule has 2 nitrogen and oxygen atoms in total. The van der Waals surface area contributed by atoms with Gasteiger partial charge in [-0.15, -0.1) is 11.8 Å². The first kappa shape index (κ1) is 12.6. The Balaban J connectivity index is 2.79. The van der Waals surface area contributed by atoms with Gasteiger partial charge in [-0.2, -0.15) is 0 Å². The first-order chi connectivity index (χ1) is 7.00. The molecule has 1 rings (SSSR count). The van der Waals surface area contributed by atoms with E-state index < -0.39 is 5.97 Å². The van der Waals surface area contributed by atoms with Gasteiger partial charge in [-0.05, 0) is 40.0 Å². The van der Waals surface area contributed by atoms with E-state index in [2.05, 4.69) is 29.8 Å². The van der Waals surface area contributed by atoms with Crippen molar-refractivity contribution >= 4 is 33.7 Å². The first-order valence-corrected chi connectivity index (χ1v) is 6.44. The summed E-state index contributed by atoms with van der Waals surface area (Å²) in [5, 5.41) is 8.79. The van der Waals surface area contributed by atoms with Gasteiger partial charge in [0.05, 0.1) is 5.56 Å². The number of aromatic carboxylic acids is 1. The lowest BCUT2D eigenvalue weighted by atomic mass is 10.2. The van der Waals surface area contributed by atoms with Crippen molar-refractivity contribution < 1.29 is 9.90 Å². The van der Waals surface area contributed by atoms with Crippen LogP contribution in [0.5, 0.6) is 0 Å². The number of benzene rings is 1. The maximum Gasteiger partial charge on any atom is 0.335 e. The van der Waals surface area contributed by atoms with Crippen LogP contribution in [-0.2, 0) is 0 Å². The molecule has 0 aliphatic rings. The third-order valence-electron chi connectivity index (χ3n) is 1.75. The highest BCUT2D eigenvalue weighted by molar-refractivity contribution is 9.10. The summed E-state index contributed by atoms with van der Waals surface area (Å²) < 4.78 is 0.855. The van der Waals surface area contributed by atoms with Crippen molar-refractivity contribution in [1.82, 2.24) is 0 Å². The molecule has 0 saturated heterocycles. The Bertz CT molecular complexity index is 364. The molecule has 0 bridgehead atoms. The maximum absolute atomic E-state index is 10.7. The summed E-state index contributed by atoms with van der Waals surface area (Å²) in [4.78, 5) is 11.8. The number of rotatable bonds is 4. The minimum absolute atomic E-state index is 0.316. The van der Waals surface area contributed by atoms with E-state index >= 15 is 0 Å². The Hall–Kier alpha value is -0.480. The van der Waals surface area contributed by atoms with E-state index in [1.807, 2.05) is 6.07 Å². The van der Waals surface area contributed by atoms with Crippen LogP contribution in [0.1, 0.15) is 24.2 Å². The van der Waals surface area contributed by atoms with Gasteiger partial charge in [0.2, 0.25) is 0 Å². The lowest BCUT2D eigenvalue weighted by molar-refractivity contribution is 0.0696. The predicted molar refractivity (Wildman–Crippen MR) is 66.7 cm³/mol. The van der Waals surface area contributed by atoms with Gasteiger partial charge < -0.3 is 5.11 Å². The zero-order valence-corrected chi connectivity index (χ0v) is 11.1. The van der Waals surface area contributed by atoms with E-state index in [4.69, 9.17) is 5.11 Å². The molecule has 0 aliphatic heterocycles. The fourth-order valence-corrected chi connectivity index (χ4v) is 2.60. The minimum Gasteiger partial charge on any atom is -0.478 e. The lowest BCUT2D eigenvalue weighted by Gasteiger charge is -2.07. The molecular weight excluding hydrogens is 276 g/mol. The smallest absolute Gasteiger partial charge is 0.335 e. The molecule has 0 aliphatic carbocycles. The van der Waals surface area contributed by atoms with Crippen LogP contribution in [0.4, 0.5) is 0 Å². The first-order valence-electron chi connectivity index (χ1n) is 4.66.